The fraction of sp³-hybridized carbons (Fsp3) is 0.476. The molecule has 14 nitrogen and oxygen atoms in total. The molecular formula is C21H28N5O9PS. The quantitative estimate of drug-likeness (QED) is 0.302. The first-order valence-corrected chi connectivity index (χ1v) is 14.6. The number of nitrogens with zero attached hydrogens (tertiary/aromatic N) is 4. The number of benzene rings is 1. The molecule has 0 saturated carbocycles. The molecule has 1 fully saturated rings. The minimum atomic E-state index is -4.12. The largest absolute Gasteiger partial charge is 0.475 e. The van der Waals surface area contributed by atoms with Crippen LogP contribution < -0.4 is 5.73 Å². The van der Waals surface area contributed by atoms with Crippen LogP contribution in [-0.4, -0.2) is 76.4 Å². The molecule has 37 heavy (non-hydrogen) atoms. The van der Waals surface area contributed by atoms with Crippen LogP contribution in [0.5, 0.6) is 0 Å². The van der Waals surface area contributed by atoms with E-state index in [1.165, 1.54) is 24.8 Å². The topological polar surface area (TPSA) is 198 Å². The van der Waals surface area contributed by atoms with E-state index in [1.54, 1.807) is 23.6 Å². The number of imidazole rings is 1. The molecule has 0 amide bonds. The Balaban J connectivity index is 1.46. The summed E-state index contributed by atoms with van der Waals surface area (Å²) in [5, 5.41) is 19.8. The molecule has 5 atom stereocenters. The molecule has 0 aliphatic carbocycles. The van der Waals surface area contributed by atoms with Gasteiger partial charge in [0.1, 0.15) is 30.3 Å². The summed E-state index contributed by atoms with van der Waals surface area (Å²) in [6.45, 7) is 0.561. The van der Waals surface area contributed by atoms with Crippen molar-refractivity contribution in [2.45, 2.75) is 42.8 Å². The molecular weight excluding hydrogens is 529 g/mol. The molecule has 3 heterocycles. The molecule has 202 valence electrons. The standard InChI is InChI=1S/C21H28N5O9PS/c1-13(26-12-25-19-20(22)23-11-24-21(19)26)34-18(16(28)9-27)10-33-36(29)32-7-6-17(35-36)14-4-3-5-15(8-14)37(2,30)31/h3-5,8,11-13,16-18,27-28H,6-7,9-10H2,1-2H3,(H2,22,23,24)/t13-,16+,17?,18-,36?/m1/s1. The molecule has 0 radical (unpaired) electrons. The van der Waals surface area contributed by atoms with Gasteiger partial charge in [-0.15, -0.1) is 0 Å². The van der Waals surface area contributed by atoms with Crippen LogP contribution in [0.1, 0.15) is 31.2 Å². The van der Waals surface area contributed by atoms with Gasteiger partial charge in [0.15, 0.2) is 21.3 Å². The fourth-order valence-corrected chi connectivity index (χ4v) is 5.80. The maximum Gasteiger partial charge on any atom is 0.475 e. The van der Waals surface area contributed by atoms with Gasteiger partial charge in [-0.1, -0.05) is 12.1 Å². The molecule has 1 aromatic carbocycles. The average Bonchev–Trinajstić information content (AvgIpc) is 3.31. The fourth-order valence-electron chi connectivity index (χ4n) is 3.73. The summed E-state index contributed by atoms with van der Waals surface area (Å²) >= 11 is 0. The van der Waals surface area contributed by atoms with E-state index in [0.717, 1.165) is 6.26 Å². The monoisotopic (exact) mass is 557 g/mol. The van der Waals surface area contributed by atoms with E-state index in [9.17, 15) is 23.2 Å². The summed E-state index contributed by atoms with van der Waals surface area (Å²) in [7, 11) is -7.57. The molecule has 2 aromatic heterocycles. The van der Waals surface area contributed by atoms with Crippen LogP contribution >= 0.6 is 7.82 Å². The maximum absolute atomic E-state index is 13.2. The number of nitrogens with two attached hydrogens (primary N) is 1. The summed E-state index contributed by atoms with van der Waals surface area (Å²) in [5.41, 5.74) is 7.08. The van der Waals surface area contributed by atoms with E-state index in [2.05, 4.69) is 15.0 Å². The van der Waals surface area contributed by atoms with E-state index in [4.69, 9.17) is 24.0 Å². The molecule has 4 N–H and O–H groups in total. The van der Waals surface area contributed by atoms with E-state index in [-0.39, 0.29) is 17.3 Å². The number of aliphatic hydroxyl groups is 2. The lowest BCUT2D eigenvalue weighted by atomic mass is 10.1. The number of aliphatic hydroxyl groups excluding tert-OH is 2. The van der Waals surface area contributed by atoms with Crippen LogP contribution in [0, 0.1) is 0 Å². The lowest BCUT2D eigenvalue weighted by molar-refractivity contribution is -0.127. The Morgan fingerprint density at radius 3 is 2.84 bits per heavy atom. The average molecular weight is 558 g/mol. The van der Waals surface area contributed by atoms with Gasteiger partial charge in [-0.05, 0) is 24.6 Å². The number of nitrogen functional groups attached to an aromatic ring is 1. The number of rotatable bonds is 10. The number of phosphoric acid groups is 1. The number of sulfone groups is 1. The number of ether oxygens (including phenoxy) is 1. The number of aromatic nitrogens is 4. The predicted octanol–water partition coefficient (Wildman–Crippen LogP) is 1.37. The van der Waals surface area contributed by atoms with Crippen LogP contribution in [0.15, 0.2) is 41.8 Å². The number of phosphoric ester groups is 1. The van der Waals surface area contributed by atoms with Crippen molar-refractivity contribution in [2.75, 3.05) is 31.8 Å². The van der Waals surface area contributed by atoms with Gasteiger partial charge in [0.05, 0.1) is 37.1 Å². The van der Waals surface area contributed by atoms with E-state index in [1.807, 2.05) is 0 Å². The van der Waals surface area contributed by atoms with E-state index in [0.29, 0.717) is 23.1 Å². The van der Waals surface area contributed by atoms with Crippen molar-refractivity contribution < 1.29 is 41.5 Å². The van der Waals surface area contributed by atoms with Crippen molar-refractivity contribution in [1.29, 1.82) is 0 Å². The highest BCUT2D eigenvalue weighted by atomic mass is 32.2. The third-order valence-electron chi connectivity index (χ3n) is 5.71. The second kappa shape index (κ2) is 11.1. The van der Waals surface area contributed by atoms with Gasteiger partial charge in [-0.2, -0.15) is 0 Å². The third kappa shape index (κ3) is 6.33. The Kier molecular flexibility index (Phi) is 8.26. The highest BCUT2D eigenvalue weighted by molar-refractivity contribution is 7.90. The van der Waals surface area contributed by atoms with Crippen LogP contribution in [0.25, 0.3) is 11.2 Å². The van der Waals surface area contributed by atoms with Gasteiger partial charge in [0, 0.05) is 12.7 Å². The molecule has 3 aromatic rings. The Hall–Kier alpha value is -2.49. The molecule has 2 unspecified atom stereocenters. The number of fused-ring (bicyclic) bond motifs is 1. The van der Waals surface area contributed by atoms with Crippen molar-refractivity contribution >= 4 is 34.6 Å². The molecule has 0 spiro atoms. The zero-order chi connectivity index (χ0) is 26.8. The van der Waals surface area contributed by atoms with Crippen molar-refractivity contribution in [3.8, 4) is 0 Å². The maximum atomic E-state index is 13.2. The summed E-state index contributed by atoms with van der Waals surface area (Å²) in [5.74, 6) is 0.188. The number of hydrogen-bond acceptors (Lipinski definition) is 13. The summed E-state index contributed by atoms with van der Waals surface area (Å²) in [6, 6.07) is 6.13. The molecule has 1 aliphatic rings. The summed E-state index contributed by atoms with van der Waals surface area (Å²) in [4.78, 5) is 12.3. The van der Waals surface area contributed by atoms with Crippen LogP contribution in [0.4, 0.5) is 5.82 Å². The molecule has 0 bridgehead atoms. The van der Waals surface area contributed by atoms with Gasteiger partial charge in [0.25, 0.3) is 0 Å². The molecule has 1 saturated heterocycles. The van der Waals surface area contributed by atoms with E-state index < -0.39 is 55.4 Å². The first kappa shape index (κ1) is 27.5. The van der Waals surface area contributed by atoms with Crippen molar-refractivity contribution in [3.05, 3.63) is 42.5 Å². The van der Waals surface area contributed by atoms with Crippen LogP contribution in [0.3, 0.4) is 0 Å². The lowest BCUT2D eigenvalue weighted by Gasteiger charge is -2.31. The Morgan fingerprint density at radius 2 is 2.11 bits per heavy atom. The SMILES string of the molecule is C[C@@H](O[C@H](COP1(=O)OCCC(c2cccc(S(C)(=O)=O)c2)O1)[C@@H](O)CO)n1cnc2c(N)ncnc21. The van der Waals surface area contributed by atoms with Gasteiger partial charge in [0.2, 0.25) is 0 Å². The summed E-state index contributed by atoms with van der Waals surface area (Å²) < 4.78 is 60.8. The zero-order valence-corrected chi connectivity index (χ0v) is 21.8. The predicted molar refractivity (Wildman–Crippen MR) is 130 cm³/mol. The van der Waals surface area contributed by atoms with Gasteiger partial charge < -0.3 is 20.7 Å². The Morgan fingerprint density at radius 1 is 1.32 bits per heavy atom. The van der Waals surface area contributed by atoms with Crippen molar-refractivity contribution in [1.82, 2.24) is 19.5 Å². The number of anilines is 1. The van der Waals surface area contributed by atoms with Crippen LogP contribution in [-0.2, 0) is 32.7 Å². The number of hydrogen-bond donors (Lipinski definition) is 3. The normalized spacial score (nSPS) is 23.1. The highest BCUT2D eigenvalue weighted by Crippen LogP contribution is 2.57. The smallest absolute Gasteiger partial charge is 0.394 e. The highest BCUT2D eigenvalue weighted by Gasteiger charge is 2.38. The first-order chi connectivity index (χ1) is 17.5. The van der Waals surface area contributed by atoms with Crippen molar-refractivity contribution in [2.24, 2.45) is 0 Å². The van der Waals surface area contributed by atoms with Gasteiger partial charge in [-0.3, -0.25) is 18.1 Å². The van der Waals surface area contributed by atoms with E-state index >= 15 is 0 Å². The second-order valence-electron chi connectivity index (χ2n) is 8.41. The Labute approximate surface area is 212 Å². The van der Waals surface area contributed by atoms with Crippen molar-refractivity contribution in [3.63, 3.8) is 0 Å². The molecule has 4 rings (SSSR count). The second-order valence-corrected chi connectivity index (χ2v) is 12.0. The van der Waals surface area contributed by atoms with Gasteiger partial charge in [-0.25, -0.2) is 27.9 Å². The molecule has 1 aliphatic heterocycles. The van der Waals surface area contributed by atoms with Gasteiger partial charge >= 0.3 is 7.82 Å². The lowest BCUT2D eigenvalue weighted by Crippen LogP contribution is -2.37. The minimum absolute atomic E-state index is 0.0255. The Bertz CT molecular complexity index is 1400. The molecule has 16 heteroatoms. The first-order valence-electron chi connectivity index (χ1n) is 11.3. The zero-order valence-electron chi connectivity index (χ0n) is 20.1. The minimum Gasteiger partial charge on any atom is -0.394 e. The van der Waals surface area contributed by atoms with Crippen LogP contribution in [0.2, 0.25) is 0 Å². The third-order valence-corrected chi connectivity index (χ3v) is 8.29. The summed E-state index contributed by atoms with van der Waals surface area (Å²) in [6.07, 6.45) is 0.0761.